The Bertz CT molecular complexity index is 1120. The average molecular weight is 420 g/mol. The molecule has 0 saturated carbocycles. The monoisotopic (exact) mass is 419 g/mol. The standard InChI is InChI=1S/C20H15ClFNO4S/c21-16-7-4-8-18(11-16)23(13-14-5-2-1-3-6-14)28(26,27)19-10-15(20(24)25)9-17(22)12-19/h1-12H,13H2,(H,24,25). The number of sulfonamides is 1. The summed E-state index contributed by atoms with van der Waals surface area (Å²) in [5, 5.41) is 9.46. The van der Waals surface area contributed by atoms with E-state index < -0.39 is 32.3 Å². The van der Waals surface area contributed by atoms with Crippen LogP contribution in [0.3, 0.4) is 0 Å². The van der Waals surface area contributed by atoms with Gasteiger partial charge in [0, 0.05) is 5.02 Å². The van der Waals surface area contributed by atoms with Gasteiger partial charge in [0.25, 0.3) is 10.0 Å². The maximum atomic E-state index is 13.9. The molecule has 0 radical (unpaired) electrons. The second-order valence-corrected chi connectivity index (χ2v) is 8.26. The number of carboxylic acid groups (broad SMARTS) is 1. The maximum Gasteiger partial charge on any atom is 0.335 e. The Morgan fingerprint density at radius 3 is 2.36 bits per heavy atom. The van der Waals surface area contributed by atoms with Crippen LogP contribution in [0.4, 0.5) is 10.1 Å². The molecule has 0 unspecified atom stereocenters. The highest BCUT2D eigenvalue weighted by Crippen LogP contribution is 2.29. The average Bonchev–Trinajstić information content (AvgIpc) is 2.66. The van der Waals surface area contributed by atoms with Crippen LogP contribution in [-0.4, -0.2) is 19.5 Å². The lowest BCUT2D eigenvalue weighted by molar-refractivity contribution is 0.0696. The number of hydrogen-bond donors (Lipinski definition) is 1. The van der Waals surface area contributed by atoms with Gasteiger partial charge in [0.2, 0.25) is 0 Å². The zero-order valence-corrected chi connectivity index (χ0v) is 16.0. The first-order valence-corrected chi connectivity index (χ1v) is 9.95. The Morgan fingerprint density at radius 1 is 1.00 bits per heavy atom. The minimum atomic E-state index is -4.28. The Balaban J connectivity index is 2.15. The van der Waals surface area contributed by atoms with Crippen LogP contribution >= 0.6 is 11.6 Å². The van der Waals surface area contributed by atoms with Gasteiger partial charge in [-0.3, -0.25) is 4.31 Å². The van der Waals surface area contributed by atoms with E-state index in [1.165, 1.54) is 6.07 Å². The number of benzene rings is 3. The van der Waals surface area contributed by atoms with Crippen molar-refractivity contribution in [2.24, 2.45) is 0 Å². The van der Waals surface area contributed by atoms with E-state index in [9.17, 15) is 17.6 Å². The van der Waals surface area contributed by atoms with E-state index in [0.717, 1.165) is 22.5 Å². The van der Waals surface area contributed by atoms with Crippen LogP contribution in [0, 0.1) is 5.82 Å². The van der Waals surface area contributed by atoms with Crippen LogP contribution in [0.1, 0.15) is 15.9 Å². The third-order valence-corrected chi connectivity index (χ3v) is 5.96. The van der Waals surface area contributed by atoms with Crippen molar-refractivity contribution >= 4 is 33.3 Å². The molecule has 1 N–H and O–H groups in total. The van der Waals surface area contributed by atoms with Crippen LogP contribution in [0.5, 0.6) is 0 Å². The highest BCUT2D eigenvalue weighted by Gasteiger charge is 2.27. The van der Waals surface area contributed by atoms with Gasteiger partial charge >= 0.3 is 5.97 Å². The molecule has 0 aliphatic rings. The fraction of sp³-hybridized carbons (Fsp3) is 0.0500. The van der Waals surface area contributed by atoms with Crippen LogP contribution in [0.15, 0.2) is 77.7 Å². The van der Waals surface area contributed by atoms with Crippen molar-refractivity contribution < 1.29 is 22.7 Å². The van der Waals surface area contributed by atoms with Crippen LogP contribution in [-0.2, 0) is 16.6 Å². The molecule has 5 nitrogen and oxygen atoms in total. The molecule has 0 aliphatic heterocycles. The highest BCUT2D eigenvalue weighted by atomic mass is 35.5. The van der Waals surface area contributed by atoms with Crippen molar-refractivity contribution in [3.63, 3.8) is 0 Å². The predicted molar refractivity (Wildman–Crippen MR) is 105 cm³/mol. The van der Waals surface area contributed by atoms with Gasteiger partial charge in [-0.1, -0.05) is 48.0 Å². The topological polar surface area (TPSA) is 74.7 Å². The summed E-state index contributed by atoms with van der Waals surface area (Å²) < 4.78 is 41.6. The number of anilines is 1. The minimum Gasteiger partial charge on any atom is -0.478 e. The van der Waals surface area contributed by atoms with Gasteiger partial charge in [0.05, 0.1) is 22.7 Å². The molecule has 28 heavy (non-hydrogen) atoms. The molecule has 3 rings (SSSR count). The summed E-state index contributed by atoms with van der Waals surface area (Å²) in [6.45, 7) is -0.0393. The summed E-state index contributed by atoms with van der Waals surface area (Å²) in [4.78, 5) is 10.8. The van der Waals surface area contributed by atoms with Crippen molar-refractivity contribution in [1.29, 1.82) is 0 Å². The Morgan fingerprint density at radius 2 is 1.71 bits per heavy atom. The molecule has 0 aromatic heterocycles. The van der Waals surface area contributed by atoms with Crippen LogP contribution < -0.4 is 4.31 Å². The van der Waals surface area contributed by atoms with Gasteiger partial charge in [-0.25, -0.2) is 17.6 Å². The lowest BCUT2D eigenvalue weighted by Crippen LogP contribution is -2.30. The number of halogens is 2. The Hall–Kier alpha value is -2.90. The molecule has 0 spiro atoms. The van der Waals surface area contributed by atoms with Crippen LogP contribution in [0.2, 0.25) is 5.02 Å². The van der Waals surface area contributed by atoms with E-state index in [4.69, 9.17) is 16.7 Å². The zero-order chi connectivity index (χ0) is 20.3. The second kappa shape index (κ2) is 8.00. The lowest BCUT2D eigenvalue weighted by Gasteiger charge is -2.25. The number of carbonyl (C=O) groups is 1. The number of aromatic carboxylic acids is 1. The van der Waals surface area contributed by atoms with Crippen molar-refractivity contribution in [3.8, 4) is 0 Å². The van der Waals surface area contributed by atoms with Gasteiger partial charge in [-0.2, -0.15) is 0 Å². The summed E-state index contributed by atoms with van der Waals surface area (Å²) in [7, 11) is -4.28. The Kier molecular flexibility index (Phi) is 5.67. The molecule has 0 bridgehead atoms. The van der Waals surface area contributed by atoms with E-state index in [2.05, 4.69) is 0 Å². The maximum absolute atomic E-state index is 13.9. The molecule has 0 aliphatic carbocycles. The molecule has 144 valence electrons. The molecule has 3 aromatic carbocycles. The Labute approximate surface area is 166 Å². The molecule has 0 fully saturated rings. The molecular weight excluding hydrogens is 405 g/mol. The normalized spacial score (nSPS) is 11.2. The van der Waals surface area contributed by atoms with Crippen molar-refractivity contribution in [1.82, 2.24) is 0 Å². The third kappa shape index (κ3) is 4.32. The van der Waals surface area contributed by atoms with E-state index in [-0.39, 0.29) is 12.2 Å². The SMILES string of the molecule is O=C(O)c1cc(F)cc(S(=O)(=O)N(Cc2ccccc2)c2cccc(Cl)c2)c1. The first kappa shape index (κ1) is 19.9. The zero-order valence-electron chi connectivity index (χ0n) is 14.4. The smallest absolute Gasteiger partial charge is 0.335 e. The fourth-order valence-corrected chi connectivity index (χ4v) is 4.34. The summed E-state index contributed by atoms with van der Waals surface area (Å²) >= 11 is 6.02. The van der Waals surface area contributed by atoms with E-state index in [1.807, 2.05) is 0 Å². The highest BCUT2D eigenvalue weighted by molar-refractivity contribution is 7.92. The first-order valence-electron chi connectivity index (χ1n) is 8.13. The minimum absolute atomic E-state index is 0.0393. The quantitative estimate of drug-likeness (QED) is 0.635. The molecule has 3 aromatic rings. The second-order valence-electron chi connectivity index (χ2n) is 5.96. The van der Waals surface area contributed by atoms with Gasteiger partial charge in [0.15, 0.2) is 0 Å². The number of carboxylic acids is 1. The summed E-state index contributed by atoms with van der Waals surface area (Å²) in [5.41, 5.74) is 0.516. The summed E-state index contributed by atoms with van der Waals surface area (Å²) in [6.07, 6.45) is 0. The number of rotatable bonds is 6. The molecule has 0 atom stereocenters. The predicted octanol–water partition coefficient (Wildman–Crippen LogP) is 4.57. The molecule has 8 heteroatoms. The number of nitrogens with zero attached hydrogens (tertiary/aromatic N) is 1. The van der Waals surface area contributed by atoms with Gasteiger partial charge in [0.1, 0.15) is 5.82 Å². The van der Waals surface area contributed by atoms with Gasteiger partial charge in [-0.15, -0.1) is 0 Å². The van der Waals surface area contributed by atoms with E-state index in [0.29, 0.717) is 10.6 Å². The fourth-order valence-electron chi connectivity index (χ4n) is 2.66. The van der Waals surface area contributed by atoms with E-state index in [1.54, 1.807) is 48.5 Å². The van der Waals surface area contributed by atoms with Gasteiger partial charge in [-0.05, 0) is 42.0 Å². The first-order chi connectivity index (χ1) is 13.3. The van der Waals surface area contributed by atoms with Crippen molar-refractivity contribution in [2.75, 3.05) is 4.31 Å². The molecule has 0 heterocycles. The van der Waals surface area contributed by atoms with E-state index >= 15 is 0 Å². The third-order valence-electron chi connectivity index (χ3n) is 3.97. The largest absolute Gasteiger partial charge is 0.478 e. The number of hydrogen-bond acceptors (Lipinski definition) is 3. The molecular formula is C20H15ClFNO4S. The van der Waals surface area contributed by atoms with Crippen molar-refractivity contribution in [3.05, 3.63) is 94.8 Å². The van der Waals surface area contributed by atoms with Crippen LogP contribution in [0.25, 0.3) is 0 Å². The van der Waals surface area contributed by atoms with Gasteiger partial charge < -0.3 is 5.11 Å². The molecule has 0 amide bonds. The summed E-state index contributed by atoms with van der Waals surface area (Å²) in [6, 6.07) is 17.6. The molecule has 0 saturated heterocycles. The summed E-state index contributed by atoms with van der Waals surface area (Å²) in [5.74, 6) is -2.38. The lowest BCUT2D eigenvalue weighted by atomic mass is 10.2. The van der Waals surface area contributed by atoms with Crippen molar-refractivity contribution in [2.45, 2.75) is 11.4 Å².